The summed E-state index contributed by atoms with van der Waals surface area (Å²) >= 11 is 0. The first-order valence-corrected chi connectivity index (χ1v) is 6.78. The molecule has 0 fully saturated rings. The van der Waals surface area contributed by atoms with Crippen molar-refractivity contribution in [2.24, 2.45) is 11.8 Å². The van der Waals surface area contributed by atoms with Crippen molar-refractivity contribution in [2.75, 3.05) is 52.9 Å². The summed E-state index contributed by atoms with van der Waals surface area (Å²) in [6, 6.07) is 0. The predicted octanol–water partition coefficient (Wildman–Crippen LogP) is 0.377. The van der Waals surface area contributed by atoms with Crippen molar-refractivity contribution in [3.05, 3.63) is 0 Å². The topological polar surface area (TPSA) is 98.2 Å². The summed E-state index contributed by atoms with van der Waals surface area (Å²) in [7, 11) is 0. The van der Waals surface area contributed by atoms with E-state index in [2.05, 4.69) is 9.68 Å². The summed E-state index contributed by atoms with van der Waals surface area (Å²) in [5, 5.41) is 0. The molecule has 0 rings (SSSR count). The third-order valence-corrected chi connectivity index (χ3v) is 2.35. The second-order valence-corrected chi connectivity index (χ2v) is 3.99. The zero-order valence-corrected chi connectivity index (χ0v) is 11.7. The molecule has 0 aliphatic rings. The quantitative estimate of drug-likeness (QED) is 0.311. The summed E-state index contributed by atoms with van der Waals surface area (Å²) in [4.78, 5) is 8.76. The summed E-state index contributed by atoms with van der Waals surface area (Å²) in [5.74, 6) is 9.72. The largest absolute Gasteiger partial charge is 0.381 e. The van der Waals surface area contributed by atoms with Gasteiger partial charge in [-0.1, -0.05) is 0 Å². The van der Waals surface area contributed by atoms with Crippen LogP contribution in [0.2, 0.25) is 0 Å². The van der Waals surface area contributed by atoms with Crippen LogP contribution in [0, 0.1) is 0 Å². The van der Waals surface area contributed by atoms with Crippen molar-refractivity contribution in [1.82, 2.24) is 0 Å². The molecule has 0 radical (unpaired) electrons. The lowest BCUT2D eigenvalue weighted by molar-refractivity contribution is 0.0394. The minimum absolute atomic E-state index is 0.440. The van der Waals surface area contributed by atoms with Gasteiger partial charge < -0.3 is 23.9 Å². The van der Waals surface area contributed by atoms with Crippen LogP contribution < -0.4 is 11.8 Å². The Kier molecular flexibility index (Phi) is 17.5. The van der Waals surface area contributed by atoms with Gasteiger partial charge >= 0.3 is 0 Å². The van der Waals surface area contributed by atoms with Gasteiger partial charge in [-0.05, 0) is 25.7 Å². The normalized spacial score (nSPS) is 11.1. The van der Waals surface area contributed by atoms with E-state index in [9.17, 15) is 0 Å². The smallest absolute Gasteiger partial charge is 0.0913 e. The number of hydrogen-bond donors (Lipinski definition) is 2. The molecule has 0 aromatic rings. The first kappa shape index (κ1) is 18.7. The van der Waals surface area contributed by atoms with Gasteiger partial charge in [-0.25, -0.2) is 11.8 Å². The van der Waals surface area contributed by atoms with Gasteiger partial charge in [0.2, 0.25) is 0 Å². The summed E-state index contributed by atoms with van der Waals surface area (Å²) in [6.45, 7) is 4.98. The van der Waals surface area contributed by atoms with Crippen molar-refractivity contribution >= 4 is 0 Å². The van der Waals surface area contributed by atoms with E-state index in [-0.39, 0.29) is 0 Å². The molecular formula is C12H28N2O5. The monoisotopic (exact) mass is 280 g/mol. The third-order valence-electron chi connectivity index (χ3n) is 2.35. The van der Waals surface area contributed by atoms with Gasteiger partial charge in [-0.3, -0.25) is 0 Å². The first-order chi connectivity index (χ1) is 9.41. The molecule has 0 unspecified atom stereocenters. The fourth-order valence-corrected chi connectivity index (χ4v) is 1.34. The van der Waals surface area contributed by atoms with Gasteiger partial charge in [0, 0.05) is 26.4 Å². The number of rotatable bonds is 16. The van der Waals surface area contributed by atoms with Crippen LogP contribution in [0.4, 0.5) is 0 Å². The maximum atomic E-state index is 5.49. The average Bonchev–Trinajstić information content (AvgIpc) is 2.43. The molecule has 19 heavy (non-hydrogen) atoms. The van der Waals surface area contributed by atoms with Gasteiger partial charge in [0.15, 0.2) is 0 Å². The number of ether oxygens (including phenoxy) is 3. The molecular weight excluding hydrogens is 252 g/mol. The van der Waals surface area contributed by atoms with Gasteiger partial charge in [-0.2, -0.15) is 0 Å². The lowest BCUT2D eigenvalue weighted by Crippen LogP contribution is -2.09. The Labute approximate surface area is 115 Å². The Hall–Kier alpha value is -0.280. The molecule has 0 aliphatic carbocycles. The van der Waals surface area contributed by atoms with E-state index in [1.54, 1.807) is 0 Å². The SMILES string of the molecule is NOCCOCCCCOCCCCOCCON. The molecule has 0 heterocycles. The first-order valence-electron chi connectivity index (χ1n) is 6.78. The zero-order chi connectivity index (χ0) is 14.0. The van der Waals surface area contributed by atoms with E-state index >= 15 is 0 Å². The molecule has 7 nitrogen and oxygen atoms in total. The number of unbranched alkanes of at least 4 members (excludes halogenated alkanes) is 2. The molecule has 7 heteroatoms. The Morgan fingerprint density at radius 1 is 0.421 bits per heavy atom. The second kappa shape index (κ2) is 17.7. The van der Waals surface area contributed by atoms with Gasteiger partial charge in [0.05, 0.1) is 26.4 Å². The molecule has 0 aromatic heterocycles. The minimum Gasteiger partial charge on any atom is -0.381 e. The average molecular weight is 280 g/mol. The zero-order valence-electron chi connectivity index (χ0n) is 11.7. The lowest BCUT2D eigenvalue weighted by Gasteiger charge is -2.06. The van der Waals surface area contributed by atoms with E-state index < -0.39 is 0 Å². The van der Waals surface area contributed by atoms with Gasteiger partial charge in [-0.15, -0.1) is 0 Å². The maximum Gasteiger partial charge on any atom is 0.0913 e. The minimum atomic E-state index is 0.440. The standard InChI is InChI=1S/C12H28N2O5/c13-18-11-9-16-7-3-1-5-15-6-2-4-8-17-10-12-19-14/h1-14H2. The van der Waals surface area contributed by atoms with Crippen LogP contribution in [0.25, 0.3) is 0 Å². The van der Waals surface area contributed by atoms with E-state index in [4.69, 9.17) is 26.0 Å². The molecule has 116 valence electrons. The van der Waals surface area contributed by atoms with E-state index in [1.807, 2.05) is 0 Å². The Morgan fingerprint density at radius 3 is 1.05 bits per heavy atom. The summed E-state index contributed by atoms with van der Waals surface area (Å²) < 4.78 is 16.0. The molecule has 0 bridgehead atoms. The fraction of sp³-hybridized carbons (Fsp3) is 1.00. The molecule has 0 aromatic carbocycles. The highest BCUT2D eigenvalue weighted by atomic mass is 16.6. The van der Waals surface area contributed by atoms with Crippen molar-refractivity contribution in [2.45, 2.75) is 25.7 Å². The van der Waals surface area contributed by atoms with Crippen LogP contribution in [0.15, 0.2) is 0 Å². The van der Waals surface area contributed by atoms with Crippen molar-refractivity contribution in [3.8, 4) is 0 Å². The molecule has 0 atom stereocenters. The fourth-order valence-electron chi connectivity index (χ4n) is 1.34. The van der Waals surface area contributed by atoms with Crippen LogP contribution >= 0.6 is 0 Å². The van der Waals surface area contributed by atoms with Crippen LogP contribution in [-0.4, -0.2) is 52.9 Å². The highest BCUT2D eigenvalue weighted by Gasteiger charge is 1.93. The van der Waals surface area contributed by atoms with E-state index in [1.165, 1.54) is 0 Å². The molecule has 0 saturated carbocycles. The van der Waals surface area contributed by atoms with Crippen LogP contribution in [0.1, 0.15) is 25.7 Å². The van der Waals surface area contributed by atoms with Gasteiger partial charge in [0.25, 0.3) is 0 Å². The van der Waals surface area contributed by atoms with E-state index in [0.29, 0.717) is 26.4 Å². The highest BCUT2D eigenvalue weighted by molar-refractivity contribution is 4.41. The molecule has 0 amide bonds. The Balaban J connectivity index is 2.88. The van der Waals surface area contributed by atoms with Crippen LogP contribution in [-0.2, 0) is 23.9 Å². The summed E-state index contributed by atoms with van der Waals surface area (Å²) in [5.41, 5.74) is 0. The Morgan fingerprint density at radius 2 is 0.737 bits per heavy atom. The third kappa shape index (κ3) is 17.7. The van der Waals surface area contributed by atoms with Crippen molar-refractivity contribution in [1.29, 1.82) is 0 Å². The molecule has 0 aliphatic heterocycles. The molecule has 4 N–H and O–H groups in total. The van der Waals surface area contributed by atoms with Crippen LogP contribution in [0.3, 0.4) is 0 Å². The Bertz CT molecular complexity index is 147. The van der Waals surface area contributed by atoms with Gasteiger partial charge in [0.1, 0.15) is 0 Å². The second-order valence-electron chi connectivity index (χ2n) is 3.99. The maximum absolute atomic E-state index is 5.49. The van der Waals surface area contributed by atoms with Crippen molar-refractivity contribution < 1.29 is 23.9 Å². The number of nitrogens with two attached hydrogens (primary N) is 2. The summed E-state index contributed by atoms with van der Waals surface area (Å²) in [6.07, 6.45) is 4.00. The number of hydrogen-bond acceptors (Lipinski definition) is 7. The molecule has 0 saturated heterocycles. The van der Waals surface area contributed by atoms with Crippen LogP contribution in [0.5, 0.6) is 0 Å². The highest BCUT2D eigenvalue weighted by Crippen LogP contribution is 1.95. The predicted molar refractivity (Wildman–Crippen MR) is 71.2 cm³/mol. The van der Waals surface area contributed by atoms with Crippen molar-refractivity contribution in [3.63, 3.8) is 0 Å². The molecule has 0 spiro atoms. The lowest BCUT2D eigenvalue weighted by atomic mass is 10.3. The van der Waals surface area contributed by atoms with E-state index in [0.717, 1.165) is 52.1 Å².